The summed E-state index contributed by atoms with van der Waals surface area (Å²) in [5.74, 6) is 0.692. The Balaban J connectivity index is 1.76. The zero-order chi connectivity index (χ0) is 27.3. The summed E-state index contributed by atoms with van der Waals surface area (Å²) in [4.78, 5) is 25.8. The number of aromatic nitrogens is 3. The molecule has 0 spiro atoms. The van der Waals surface area contributed by atoms with Crippen LogP contribution in [0, 0.1) is 26.7 Å². The average molecular weight is 563 g/mol. The molecule has 0 aliphatic heterocycles. The van der Waals surface area contributed by atoms with Gasteiger partial charge in [0.05, 0.1) is 22.4 Å². The van der Waals surface area contributed by atoms with Gasteiger partial charge in [-0.3, -0.25) is 9.59 Å². The number of benzene rings is 2. The van der Waals surface area contributed by atoms with Gasteiger partial charge in [0, 0.05) is 17.3 Å². The van der Waals surface area contributed by atoms with E-state index in [0.717, 1.165) is 22.4 Å². The Labute approximate surface area is 232 Å². The predicted molar refractivity (Wildman–Crippen MR) is 152 cm³/mol. The van der Waals surface area contributed by atoms with Gasteiger partial charge < -0.3 is 15.2 Å². The molecule has 1 heterocycles. The number of nitrogens with one attached hydrogen (secondary N) is 2. The number of hydrogen-bond donors (Lipinski definition) is 2. The topological polar surface area (TPSA) is 88.9 Å². The summed E-state index contributed by atoms with van der Waals surface area (Å²) in [7, 11) is 0. The van der Waals surface area contributed by atoms with Gasteiger partial charge >= 0.3 is 0 Å². The van der Waals surface area contributed by atoms with Crippen molar-refractivity contribution in [1.29, 1.82) is 0 Å². The van der Waals surface area contributed by atoms with Crippen molar-refractivity contribution in [2.45, 2.75) is 65.7 Å². The number of thioether (sulfide) groups is 1. The Bertz CT molecular complexity index is 1270. The molecular weight excluding hydrogens is 529 g/mol. The van der Waals surface area contributed by atoms with Crippen molar-refractivity contribution in [2.24, 2.45) is 5.92 Å². The van der Waals surface area contributed by atoms with Crippen molar-refractivity contribution in [3.63, 3.8) is 0 Å². The molecule has 2 aromatic carbocycles. The number of amides is 2. The van der Waals surface area contributed by atoms with Crippen LogP contribution in [0.2, 0.25) is 10.0 Å². The minimum Gasteiger partial charge on any atom is -0.342 e. The summed E-state index contributed by atoms with van der Waals surface area (Å²) in [5.41, 5.74) is 4.41. The molecule has 3 aromatic rings. The number of nitrogens with zero attached hydrogens (tertiary/aromatic N) is 3. The van der Waals surface area contributed by atoms with Gasteiger partial charge in [0.25, 0.3) is 5.91 Å². The fourth-order valence-electron chi connectivity index (χ4n) is 4.25. The molecule has 0 bridgehead atoms. The Hall–Kier alpha value is -2.55. The van der Waals surface area contributed by atoms with Gasteiger partial charge in [0.1, 0.15) is 0 Å². The summed E-state index contributed by atoms with van der Waals surface area (Å²) in [5, 5.41) is 16.2. The molecule has 0 aliphatic rings. The number of halogens is 2. The van der Waals surface area contributed by atoms with E-state index in [2.05, 4.69) is 46.8 Å². The average Bonchev–Trinajstić information content (AvgIpc) is 3.22. The van der Waals surface area contributed by atoms with Crippen molar-refractivity contribution in [3.8, 4) is 0 Å². The van der Waals surface area contributed by atoms with Gasteiger partial charge in [-0.25, -0.2) is 0 Å². The third kappa shape index (κ3) is 7.49. The number of aryl methyl sites for hydroxylation is 3. The van der Waals surface area contributed by atoms with Crippen LogP contribution < -0.4 is 10.6 Å². The molecule has 7 nitrogen and oxygen atoms in total. The van der Waals surface area contributed by atoms with E-state index in [9.17, 15) is 9.59 Å². The molecule has 198 valence electrons. The second-order valence-corrected chi connectivity index (χ2v) is 11.3. The summed E-state index contributed by atoms with van der Waals surface area (Å²) >= 11 is 13.6. The van der Waals surface area contributed by atoms with Gasteiger partial charge in [-0.15, -0.1) is 10.2 Å². The molecule has 0 saturated carbocycles. The summed E-state index contributed by atoms with van der Waals surface area (Å²) in [6, 6.07) is 8.50. The van der Waals surface area contributed by atoms with Crippen LogP contribution in [0.15, 0.2) is 35.5 Å². The number of carbonyl (C=O) groups excluding carboxylic acids is 2. The lowest BCUT2D eigenvalue weighted by atomic mass is 10.0. The first-order valence-corrected chi connectivity index (χ1v) is 13.9. The highest BCUT2D eigenvalue weighted by Gasteiger charge is 2.25. The van der Waals surface area contributed by atoms with E-state index < -0.39 is 0 Å². The van der Waals surface area contributed by atoms with E-state index in [4.69, 9.17) is 23.2 Å². The number of anilines is 1. The molecule has 0 aliphatic carbocycles. The number of rotatable bonds is 10. The van der Waals surface area contributed by atoms with Crippen LogP contribution in [-0.4, -0.2) is 32.3 Å². The molecule has 1 aromatic heterocycles. The first-order valence-electron chi connectivity index (χ1n) is 12.2. The zero-order valence-electron chi connectivity index (χ0n) is 22.0. The molecule has 0 saturated heterocycles. The lowest BCUT2D eigenvalue weighted by Gasteiger charge is -2.21. The summed E-state index contributed by atoms with van der Waals surface area (Å²) < 4.78 is 1.94. The summed E-state index contributed by atoms with van der Waals surface area (Å²) in [6.07, 6.45) is 0.659. The quantitative estimate of drug-likeness (QED) is 0.266. The van der Waals surface area contributed by atoms with Crippen molar-refractivity contribution in [3.05, 3.63) is 68.5 Å². The Morgan fingerprint density at radius 1 is 1.05 bits per heavy atom. The molecule has 0 radical (unpaired) electrons. The molecule has 10 heteroatoms. The van der Waals surface area contributed by atoms with Crippen LogP contribution in [-0.2, 0) is 11.3 Å². The smallest absolute Gasteiger partial charge is 0.253 e. The van der Waals surface area contributed by atoms with Crippen LogP contribution in [0.5, 0.6) is 0 Å². The third-order valence-electron chi connectivity index (χ3n) is 5.84. The molecule has 2 N–H and O–H groups in total. The molecule has 0 unspecified atom stereocenters. The second-order valence-electron chi connectivity index (χ2n) is 9.48. The first kappa shape index (κ1) is 29.0. The van der Waals surface area contributed by atoms with Crippen LogP contribution in [0.4, 0.5) is 5.69 Å². The highest BCUT2D eigenvalue weighted by atomic mass is 35.5. The maximum atomic E-state index is 13.1. The number of hydrogen-bond acceptors (Lipinski definition) is 5. The van der Waals surface area contributed by atoms with Gasteiger partial charge in [-0.2, -0.15) is 0 Å². The Morgan fingerprint density at radius 3 is 2.32 bits per heavy atom. The van der Waals surface area contributed by atoms with E-state index in [-0.39, 0.29) is 34.5 Å². The summed E-state index contributed by atoms with van der Waals surface area (Å²) in [6.45, 7) is 12.8. The normalized spacial score (nSPS) is 12.0. The molecule has 3 rings (SSSR count). The highest BCUT2D eigenvalue weighted by Crippen LogP contribution is 2.28. The molecule has 37 heavy (non-hydrogen) atoms. The molecule has 1 atom stereocenters. The van der Waals surface area contributed by atoms with Crippen LogP contribution in [0.3, 0.4) is 0 Å². The fraction of sp³-hybridized carbons (Fsp3) is 0.407. The molecular formula is C27H33Cl2N5O2S. The standard InChI is InChI=1S/C27H33Cl2N5O2S/c1-7-34-25(22(10-15(2)3)30-26(36)20-9-8-19(28)13-21(20)29)32-33-27(34)37-14-23(35)31-24-17(5)11-16(4)12-18(24)6/h8-9,11-13,15,22H,7,10,14H2,1-6H3,(H,30,36)(H,31,35)/t22-/m1/s1. The first-order chi connectivity index (χ1) is 17.5. The van der Waals surface area contributed by atoms with Gasteiger partial charge in [-0.05, 0) is 69.4 Å². The van der Waals surface area contributed by atoms with Crippen molar-refractivity contribution in [2.75, 3.05) is 11.1 Å². The largest absolute Gasteiger partial charge is 0.342 e. The van der Waals surface area contributed by atoms with Crippen molar-refractivity contribution in [1.82, 2.24) is 20.1 Å². The lowest BCUT2D eigenvalue weighted by molar-refractivity contribution is -0.113. The van der Waals surface area contributed by atoms with Crippen molar-refractivity contribution >= 4 is 52.5 Å². The van der Waals surface area contributed by atoms with E-state index >= 15 is 0 Å². The van der Waals surface area contributed by atoms with E-state index in [0.29, 0.717) is 34.5 Å². The minimum absolute atomic E-state index is 0.114. The SMILES string of the molecule is CCn1c(SCC(=O)Nc2c(C)cc(C)cc2C)nnc1[C@@H](CC(C)C)NC(=O)c1ccc(Cl)cc1Cl. The van der Waals surface area contributed by atoms with Gasteiger partial charge in [0.15, 0.2) is 11.0 Å². The van der Waals surface area contributed by atoms with Crippen molar-refractivity contribution < 1.29 is 9.59 Å². The van der Waals surface area contributed by atoms with E-state index in [1.807, 2.05) is 32.3 Å². The van der Waals surface area contributed by atoms with Crippen LogP contribution in [0.1, 0.15) is 66.1 Å². The minimum atomic E-state index is -0.382. The number of carbonyl (C=O) groups is 2. The monoisotopic (exact) mass is 561 g/mol. The lowest BCUT2D eigenvalue weighted by Crippen LogP contribution is -2.32. The fourth-order valence-corrected chi connectivity index (χ4v) is 5.56. The Kier molecular flexibility index (Phi) is 10.0. The third-order valence-corrected chi connectivity index (χ3v) is 7.35. The van der Waals surface area contributed by atoms with Crippen LogP contribution >= 0.6 is 35.0 Å². The van der Waals surface area contributed by atoms with E-state index in [1.165, 1.54) is 11.8 Å². The van der Waals surface area contributed by atoms with Crippen LogP contribution in [0.25, 0.3) is 0 Å². The maximum absolute atomic E-state index is 13.1. The predicted octanol–water partition coefficient (Wildman–Crippen LogP) is 6.78. The Morgan fingerprint density at radius 2 is 1.73 bits per heavy atom. The molecule has 2 amide bonds. The second kappa shape index (κ2) is 12.8. The maximum Gasteiger partial charge on any atom is 0.253 e. The highest BCUT2D eigenvalue weighted by molar-refractivity contribution is 7.99. The van der Waals surface area contributed by atoms with Gasteiger partial charge in [0.2, 0.25) is 5.91 Å². The zero-order valence-corrected chi connectivity index (χ0v) is 24.3. The van der Waals surface area contributed by atoms with Gasteiger partial charge in [-0.1, -0.05) is 66.5 Å². The van der Waals surface area contributed by atoms with E-state index in [1.54, 1.807) is 18.2 Å². The molecule has 0 fully saturated rings.